The maximum atomic E-state index is 11.6. The Morgan fingerprint density at radius 1 is 1.26 bits per heavy atom. The summed E-state index contributed by atoms with van der Waals surface area (Å²) in [6.07, 6.45) is 0.963. The lowest BCUT2D eigenvalue weighted by Gasteiger charge is -2.17. The molecule has 0 unspecified atom stereocenters. The first kappa shape index (κ1) is 17.9. The maximum absolute atomic E-state index is 11.6. The Balaban J connectivity index is 3.57. The molecule has 0 bridgehead atoms. The normalized spacial score (nSPS) is 11.5. The zero-order valence-corrected chi connectivity index (χ0v) is 12.9. The summed E-state index contributed by atoms with van der Waals surface area (Å²) in [6, 6.07) is 0. The highest BCUT2D eigenvalue weighted by molar-refractivity contribution is 5.81. The summed E-state index contributed by atoms with van der Waals surface area (Å²) in [5.41, 5.74) is -0.384. The smallest absolute Gasteiger partial charge is 0.305 e. The van der Waals surface area contributed by atoms with Crippen LogP contribution in [-0.2, 0) is 14.3 Å². The van der Waals surface area contributed by atoms with Crippen LogP contribution in [0, 0.1) is 5.41 Å². The van der Waals surface area contributed by atoms with E-state index in [-0.39, 0.29) is 17.3 Å². The molecule has 1 amide bonds. The van der Waals surface area contributed by atoms with Gasteiger partial charge >= 0.3 is 5.97 Å². The Kier molecular flexibility index (Phi) is 8.39. The van der Waals surface area contributed by atoms with E-state index in [9.17, 15) is 9.59 Å². The standard InChI is InChI=1S/C14H28N2O3/c1-6-16(5)10-11-19-12(17)8-7-9-15-13(18)14(2,3)4/h6-11H2,1-5H3,(H,15,18). The molecule has 0 aromatic heterocycles. The highest BCUT2D eigenvalue weighted by atomic mass is 16.5. The SMILES string of the molecule is CCN(C)CCOC(=O)CCCNC(=O)C(C)(C)C. The van der Waals surface area contributed by atoms with E-state index in [2.05, 4.69) is 17.1 Å². The van der Waals surface area contributed by atoms with Gasteiger partial charge in [0.2, 0.25) is 5.91 Å². The minimum absolute atomic E-state index is 0.00504. The maximum Gasteiger partial charge on any atom is 0.305 e. The van der Waals surface area contributed by atoms with Crippen LogP contribution in [0.15, 0.2) is 0 Å². The summed E-state index contributed by atoms with van der Waals surface area (Å²) in [4.78, 5) is 25.0. The molecule has 0 aromatic rings. The van der Waals surface area contributed by atoms with Gasteiger partial charge in [-0.3, -0.25) is 9.59 Å². The van der Waals surface area contributed by atoms with Gasteiger partial charge in [0.25, 0.3) is 0 Å². The molecule has 0 aliphatic heterocycles. The van der Waals surface area contributed by atoms with Gasteiger partial charge in [0.1, 0.15) is 6.61 Å². The second kappa shape index (κ2) is 8.91. The van der Waals surface area contributed by atoms with Crippen molar-refractivity contribution >= 4 is 11.9 Å². The highest BCUT2D eigenvalue weighted by Crippen LogP contribution is 2.12. The molecule has 19 heavy (non-hydrogen) atoms. The number of ether oxygens (including phenoxy) is 1. The molecule has 0 aromatic carbocycles. The van der Waals surface area contributed by atoms with Crippen molar-refractivity contribution in [1.29, 1.82) is 0 Å². The molecule has 0 heterocycles. The van der Waals surface area contributed by atoms with Gasteiger partial charge in [0.15, 0.2) is 0 Å². The Morgan fingerprint density at radius 3 is 2.42 bits per heavy atom. The van der Waals surface area contributed by atoms with E-state index in [1.165, 1.54) is 0 Å². The van der Waals surface area contributed by atoms with E-state index < -0.39 is 0 Å². The Bertz CT molecular complexity index is 285. The lowest BCUT2D eigenvalue weighted by molar-refractivity contribution is -0.144. The quantitative estimate of drug-likeness (QED) is 0.536. The number of hydrogen-bond donors (Lipinski definition) is 1. The molecule has 0 atom stereocenters. The first-order chi connectivity index (χ1) is 8.77. The van der Waals surface area contributed by atoms with E-state index in [0.29, 0.717) is 26.0 Å². The van der Waals surface area contributed by atoms with Crippen molar-refractivity contribution in [2.45, 2.75) is 40.5 Å². The van der Waals surface area contributed by atoms with Crippen molar-refractivity contribution < 1.29 is 14.3 Å². The zero-order valence-electron chi connectivity index (χ0n) is 12.9. The van der Waals surface area contributed by atoms with Gasteiger partial charge in [-0.15, -0.1) is 0 Å². The van der Waals surface area contributed by atoms with Gasteiger partial charge in [0, 0.05) is 24.9 Å². The van der Waals surface area contributed by atoms with Gasteiger partial charge < -0.3 is 15.0 Å². The van der Waals surface area contributed by atoms with Crippen molar-refractivity contribution in [3.63, 3.8) is 0 Å². The van der Waals surface area contributed by atoms with Crippen LogP contribution < -0.4 is 5.32 Å². The molecule has 0 radical (unpaired) electrons. The van der Waals surface area contributed by atoms with Crippen LogP contribution in [0.25, 0.3) is 0 Å². The van der Waals surface area contributed by atoms with Crippen LogP contribution in [0.4, 0.5) is 0 Å². The first-order valence-electron chi connectivity index (χ1n) is 6.89. The summed E-state index contributed by atoms with van der Waals surface area (Å²) in [7, 11) is 1.98. The van der Waals surface area contributed by atoms with E-state index >= 15 is 0 Å². The van der Waals surface area contributed by atoms with Gasteiger partial charge in [-0.05, 0) is 20.0 Å². The monoisotopic (exact) mass is 272 g/mol. The van der Waals surface area contributed by atoms with E-state index in [1.807, 2.05) is 27.8 Å². The second-order valence-corrected chi connectivity index (χ2v) is 5.73. The number of rotatable bonds is 8. The number of hydrogen-bond acceptors (Lipinski definition) is 4. The van der Waals surface area contributed by atoms with Gasteiger partial charge in [-0.1, -0.05) is 27.7 Å². The van der Waals surface area contributed by atoms with Gasteiger partial charge in [-0.25, -0.2) is 0 Å². The predicted octanol–water partition coefficient (Wildman–Crippen LogP) is 1.42. The van der Waals surface area contributed by atoms with Gasteiger partial charge in [0.05, 0.1) is 0 Å². The van der Waals surface area contributed by atoms with Gasteiger partial charge in [-0.2, -0.15) is 0 Å². The number of likely N-dealkylation sites (N-methyl/N-ethyl adjacent to an activating group) is 1. The molecule has 0 aliphatic carbocycles. The summed E-state index contributed by atoms with van der Waals surface area (Å²) >= 11 is 0. The summed E-state index contributed by atoms with van der Waals surface area (Å²) in [6.45, 7) is 10.3. The summed E-state index contributed by atoms with van der Waals surface area (Å²) in [5, 5.41) is 2.81. The number of amides is 1. The molecule has 112 valence electrons. The number of nitrogens with one attached hydrogen (secondary N) is 1. The minimum Gasteiger partial charge on any atom is -0.464 e. The largest absolute Gasteiger partial charge is 0.464 e. The second-order valence-electron chi connectivity index (χ2n) is 5.73. The zero-order chi connectivity index (χ0) is 14.9. The van der Waals surface area contributed by atoms with Crippen LogP contribution in [0.2, 0.25) is 0 Å². The third-order valence-corrected chi connectivity index (χ3v) is 2.80. The van der Waals surface area contributed by atoms with Crippen molar-refractivity contribution in [3.05, 3.63) is 0 Å². The van der Waals surface area contributed by atoms with Crippen LogP contribution in [0.1, 0.15) is 40.5 Å². The molecule has 5 heteroatoms. The third kappa shape index (κ3) is 9.47. The number of esters is 1. The van der Waals surface area contributed by atoms with Crippen molar-refractivity contribution in [1.82, 2.24) is 10.2 Å². The van der Waals surface area contributed by atoms with E-state index in [0.717, 1.165) is 13.1 Å². The molecule has 1 N–H and O–H groups in total. The molecule has 5 nitrogen and oxygen atoms in total. The molecule has 0 saturated carbocycles. The van der Waals surface area contributed by atoms with E-state index in [1.54, 1.807) is 0 Å². The molecule has 0 fully saturated rings. The van der Waals surface area contributed by atoms with E-state index in [4.69, 9.17) is 4.74 Å². The highest BCUT2D eigenvalue weighted by Gasteiger charge is 2.20. The third-order valence-electron chi connectivity index (χ3n) is 2.80. The fraction of sp³-hybridized carbons (Fsp3) is 0.857. The lowest BCUT2D eigenvalue weighted by atomic mass is 9.96. The van der Waals surface area contributed by atoms with Crippen LogP contribution in [-0.4, -0.2) is 50.1 Å². The molecule has 0 spiro atoms. The predicted molar refractivity (Wildman–Crippen MR) is 75.8 cm³/mol. The summed E-state index contributed by atoms with van der Waals surface area (Å²) in [5.74, 6) is -0.194. The number of carbonyl (C=O) groups is 2. The number of carbonyl (C=O) groups excluding carboxylic acids is 2. The fourth-order valence-electron chi connectivity index (χ4n) is 1.25. The molecular formula is C14H28N2O3. The van der Waals surface area contributed by atoms with Crippen molar-refractivity contribution in [2.75, 3.05) is 33.3 Å². The molecule has 0 rings (SSSR count). The van der Waals surface area contributed by atoms with Crippen molar-refractivity contribution in [2.24, 2.45) is 5.41 Å². The Morgan fingerprint density at radius 2 is 1.89 bits per heavy atom. The summed E-state index contributed by atoms with van der Waals surface area (Å²) < 4.78 is 5.10. The minimum atomic E-state index is -0.384. The van der Waals surface area contributed by atoms with Crippen LogP contribution >= 0.6 is 0 Å². The Hall–Kier alpha value is -1.10. The first-order valence-corrected chi connectivity index (χ1v) is 6.89. The molecular weight excluding hydrogens is 244 g/mol. The average Bonchev–Trinajstić information content (AvgIpc) is 2.32. The fourth-order valence-corrected chi connectivity index (χ4v) is 1.25. The lowest BCUT2D eigenvalue weighted by Crippen LogP contribution is -2.35. The molecule has 0 aliphatic rings. The Labute approximate surface area is 116 Å². The van der Waals surface area contributed by atoms with Crippen LogP contribution in [0.3, 0.4) is 0 Å². The molecule has 0 saturated heterocycles. The number of nitrogens with zero attached hydrogens (tertiary/aromatic N) is 1. The van der Waals surface area contributed by atoms with Crippen LogP contribution in [0.5, 0.6) is 0 Å². The average molecular weight is 272 g/mol. The topological polar surface area (TPSA) is 58.6 Å². The van der Waals surface area contributed by atoms with Crippen molar-refractivity contribution in [3.8, 4) is 0 Å².